The molecule has 11 nitrogen and oxygen atoms in total. The zero-order chi connectivity index (χ0) is 46.3. The van der Waals surface area contributed by atoms with Gasteiger partial charge in [0.1, 0.15) is 12.6 Å². The largest absolute Gasteiger partial charge is 0.480 e. The van der Waals surface area contributed by atoms with Gasteiger partial charge in [-0.3, -0.25) is 23.4 Å². The minimum absolute atomic E-state index is 0.152. The van der Waals surface area contributed by atoms with Gasteiger partial charge in [-0.1, -0.05) is 184 Å². The van der Waals surface area contributed by atoms with Crippen LogP contribution in [0, 0.1) is 0 Å². The molecule has 0 aromatic rings. The second-order valence-corrected chi connectivity index (χ2v) is 18.0. The molecule has 364 valence electrons. The highest BCUT2D eigenvalue weighted by atomic mass is 31.2. The van der Waals surface area contributed by atoms with Crippen LogP contribution >= 0.6 is 7.82 Å². The van der Waals surface area contributed by atoms with E-state index in [2.05, 4.69) is 79.1 Å². The van der Waals surface area contributed by atoms with Crippen molar-refractivity contribution >= 4 is 25.7 Å². The molecule has 0 saturated carbocycles. The zero-order valence-electron chi connectivity index (χ0n) is 39.7. The van der Waals surface area contributed by atoms with Gasteiger partial charge < -0.3 is 25.2 Å². The fourth-order valence-corrected chi connectivity index (χ4v) is 7.42. The number of ether oxygens (including phenoxy) is 2. The van der Waals surface area contributed by atoms with Crippen molar-refractivity contribution in [3.8, 4) is 0 Å². The van der Waals surface area contributed by atoms with Crippen LogP contribution in [0.15, 0.2) is 60.8 Å². The lowest BCUT2D eigenvalue weighted by atomic mass is 10.0. The quantitative estimate of drug-likeness (QED) is 0.0230. The van der Waals surface area contributed by atoms with Gasteiger partial charge in [-0.25, -0.2) is 4.57 Å². The Kier molecular flexibility index (Phi) is 43.7. The van der Waals surface area contributed by atoms with Crippen LogP contribution in [-0.2, 0) is 37.5 Å². The van der Waals surface area contributed by atoms with Crippen molar-refractivity contribution in [3.05, 3.63) is 60.8 Å². The van der Waals surface area contributed by atoms with E-state index in [-0.39, 0.29) is 19.4 Å². The van der Waals surface area contributed by atoms with Crippen LogP contribution in [-0.4, -0.2) is 59.9 Å². The molecular weight excluding hydrogens is 818 g/mol. The first-order valence-corrected chi connectivity index (χ1v) is 26.3. The maximum Gasteiger partial charge on any atom is 0.472 e. The molecule has 0 radical (unpaired) electrons. The molecule has 0 aliphatic rings. The van der Waals surface area contributed by atoms with E-state index in [9.17, 15) is 23.8 Å². The first kappa shape index (κ1) is 60.2. The SMILES string of the molecule is CC/C=C\C/C=C\C/C=C\C/C=C\CCCCCCCCCCCCC(=O)OC(COC(=O)CCCCCCC/C=C\CCCCCCCCC)COP(=O)(O)OCC(N)C(=O)O. The van der Waals surface area contributed by atoms with Crippen LogP contribution in [0.25, 0.3) is 0 Å². The summed E-state index contributed by atoms with van der Waals surface area (Å²) in [5.41, 5.74) is 5.35. The number of phosphoric acid groups is 1. The van der Waals surface area contributed by atoms with E-state index < -0.39 is 51.1 Å². The molecule has 0 aromatic carbocycles. The molecule has 0 bridgehead atoms. The van der Waals surface area contributed by atoms with Crippen molar-refractivity contribution in [2.45, 2.75) is 225 Å². The fourth-order valence-electron chi connectivity index (χ4n) is 6.64. The number of rotatable bonds is 46. The Balaban J connectivity index is 4.27. The molecule has 0 spiro atoms. The topological polar surface area (TPSA) is 172 Å². The Morgan fingerprint density at radius 1 is 0.508 bits per heavy atom. The predicted octanol–water partition coefficient (Wildman–Crippen LogP) is 13.9. The third kappa shape index (κ3) is 45.5. The summed E-state index contributed by atoms with van der Waals surface area (Å²) in [4.78, 5) is 46.1. The number of esters is 2. The molecule has 63 heavy (non-hydrogen) atoms. The molecule has 3 unspecified atom stereocenters. The number of carbonyl (C=O) groups excluding carboxylic acids is 2. The summed E-state index contributed by atoms with van der Waals surface area (Å²) in [6.07, 6.45) is 54.2. The highest BCUT2D eigenvalue weighted by Crippen LogP contribution is 2.43. The number of hydrogen-bond acceptors (Lipinski definition) is 9. The van der Waals surface area contributed by atoms with E-state index >= 15 is 0 Å². The first-order chi connectivity index (χ1) is 30.6. The van der Waals surface area contributed by atoms with E-state index in [4.69, 9.17) is 24.8 Å². The van der Waals surface area contributed by atoms with Gasteiger partial charge >= 0.3 is 25.7 Å². The average molecular weight is 908 g/mol. The van der Waals surface area contributed by atoms with Crippen LogP contribution in [0.2, 0.25) is 0 Å². The number of aliphatic carboxylic acids is 1. The van der Waals surface area contributed by atoms with Crippen LogP contribution in [0.1, 0.15) is 213 Å². The number of carboxylic acid groups (broad SMARTS) is 1. The third-order valence-electron chi connectivity index (χ3n) is 10.5. The number of unbranched alkanes of at least 4 members (excludes halogenated alkanes) is 22. The normalized spacial score (nSPS) is 14.1. The maximum atomic E-state index is 12.7. The molecular formula is C51H90NO10P. The van der Waals surface area contributed by atoms with Crippen LogP contribution in [0.5, 0.6) is 0 Å². The van der Waals surface area contributed by atoms with Crippen molar-refractivity contribution in [1.82, 2.24) is 0 Å². The maximum absolute atomic E-state index is 12.7. The number of carbonyl (C=O) groups is 3. The van der Waals surface area contributed by atoms with Gasteiger partial charge in [-0.15, -0.1) is 0 Å². The number of hydrogen-bond donors (Lipinski definition) is 3. The van der Waals surface area contributed by atoms with E-state index in [0.29, 0.717) is 12.8 Å². The summed E-state index contributed by atoms with van der Waals surface area (Å²) in [6, 6.07) is -1.53. The number of allylic oxidation sites excluding steroid dienone is 10. The van der Waals surface area contributed by atoms with E-state index in [1.807, 2.05) is 0 Å². The molecule has 0 aliphatic heterocycles. The Morgan fingerprint density at radius 2 is 0.889 bits per heavy atom. The van der Waals surface area contributed by atoms with Crippen LogP contribution in [0.3, 0.4) is 0 Å². The van der Waals surface area contributed by atoms with Gasteiger partial charge in [0.05, 0.1) is 13.2 Å². The summed E-state index contributed by atoms with van der Waals surface area (Å²) in [5.74, 6) is -2.39. The van der Waals surface area contributed by atoms with Crippen molar-refractivity contribution < 1.29 is 47.5 Å². The number of nitrogens with two attached hydrogens (primary N) is 1. The van der Waals surface area contributed by atoms with Crippen molar-refractivity contribution in [3.63, 3.8) is 0 Å². The van der Waals surface area contributed by atoms with Gasteiger partial charge in [0.25, 0.3) is 0 Å². The molecule has 0 saturated heterocycles. The predicted molar refractivity (Wildman–Crippen MR) is 258 cm³/mol. The Morgan fingerprint density at radius 3 is 1.35 bits per heavy atom. The summed E-state index contributed by atoms with van der Waals surface area (Å²) >= 11 is 0. The minimum Gasteiger partial charge on any atom is -0.480 e. The lowest BCUT2D eigenvalue weighted by Crippen LogP contribution is -2.34. The zero-order valence-corrected chi connectivity index (χ0v) is 40.5. The second-order valence-electron chi connectivity index (χ2n) is 16.6. The lowest BCUT2D eigenvalue weighted by molar-refractivity contribution is -0.161. The van der Waals surface area contributed by atoms with Crippen molar-refractivity contribution in [1.29, 1.82) is 0 Å². The van der Waals surface area contributed by atoms with E-state index in [1.54, 1.807) is 0 Å². The first-order valence-electron chi connectivity index (χ1n) is 24.8. The van der Waals surface area contributed by atoms with Gasteiger partial charge in [0.2, 0.25) is 0 Å². The fraction of sp³-hybridized carbons (Fsp3) is 0.745. The van der Waals surface area contributed by atoms with Crippen LogP contribution in [0.4, 0.5) is 0 Å². The lowest BCUT2D eigenvalue weighted by Gasteiger charge is -2.20. The molecule has 0 fully saturated rings. The van der Waals surface area contributed by atoms with Crippen LogP contribution < -0.4 is 5.73 Å². The average Bonchev–Trinajstić information content (AvgIpc) is 3.26. The molecule has 0 rings (SSSR count). The second kappa shape index (κ2) is 45.7. The highest BCUT2D eigenvalue weighted by molar-refractivity contribution is 7.47. The third-order valence-corrected chi connectivity index (χ3v) is 11.5. The van der Waals surface area contributed by atoms with Gasteiger partial charge in [0.15, 0.2) is 6.10 Å². The molecule has 0 heterocycles. The summed E-state index contributed by atoms with van der Waals surface area (Å²) < 4.78 is 32.8. The highest BCUT2D eigenvalue weighted by Gasteiger charge is 2.28. The summed E-state index contributed by atoms with van der Waals surface area (Å²) in [7, 11) is -4.73. The smallest absolute Gasteiger partial charge is 0.472 e. The summed E-state index contributed by atoms with van der Waals surface area (Å²) in [5, 5.41) is 8.92. The van der Waals surface area contributed by atoms with Crippen molar-refractivity contribution in [2.24, 2.45) is 5.73 Å². The molecule has 3 atom stereocenters. The summed E-state index contributed by atoms with van der Waals surface area (Å²) in [6.45, 7) is 2.69. The Bertz CT molecular complexity index is 1300. The number of carboxylic acids is 1. The van der Waals surface area contributed by atoms with Crippen molar-refractivity contribution in [2.75, 3.05) is 19.8 Å². The molecule has 12 heteroatoms. The molecule has 0 amide bonds. The molecule has 0 aromatic heterocycles. The Hall–Kier alpha value is -2.82. The minimum atomic E-state index is -4.73. The van der Waals surface area contributed by atoms with E-state index in [0.717, 1.165) is 89.9 Å². The van der Waals surface area contributed by atoms with Gasteiger partial charge in [-0.05, 0) is 77.0 Å². The monoisotopic (exact) mass is 908 g/mol. The molecule has 0 aliphatic carbocycles. The molecule has 4 N–H and O–H groups in total. The standard InChI is InChI=1S/C51H90NO10P/c1-3-5-7-9-11-13-15-17-19-21-22-23-24-25-26-27-29-31-33-35-37-39-41-43-50(54)62-47(45-60-63(57,58)61-46-48(52)51(55)56)44-59-49(53)42-40-38-36-34-32-30-28-20-18-16-14-12-10-8-6-4-2/h5,7,11,13,17,19-20,22-23,28,47-48H,3-4,6,8-10,12,14-16,18,21,24-27,29-46,52H2,1-2H3,(H,55,56)(H,57,58)/b7-5-,13-11-,19-17-,23-22-,28-20-. The van der Waals surface area contributed by atoms with E-state index in [1.165, 1.54) is 83.5 Å². The number of phosphoric ester groups is 1. The Labute approximate surface area is 383 Å². The van der Waals surface area contributed by atoms with Gasteiger partial charge in [0, 0.05) is 12.8 Å². The van der Waals surface area contributed by atoms with Gasteiger partial charge in [-0.2, -0.15) is 0 Å².